The van der Waals surface area contributed by atoms with E-state index in [0.717, 1.165) is 0 Å². The number of hydrogen-bond acceptors (Lipinski definition) is 3. The van der Waals surface area contributed by atoms with Crippen LogP contribution in [0.4, 0.5) is 14.5 Å². The molecule has 1 heterocycles. The number of nitrogens with zero attached hydrogens (tertiary/aromatic N) is 2. The molecular formula is C11H10F2N4O. The van der Waals surface area contributed by atoms with Crippen LogP contribution in [0.1, 0.15) is 5.82 Å². The van der Waals surface area contributed by atoms with Crippen molar-refractivity contribution in [1.82, 2.24) is 15.2 Å². The van der Waals surface area contributed by atoms with Gasteiger partial charge in [0.25, 0.3) is 5.91 Å². The first-order valence-electron chi connectivity index (χ1n) is 5.15. The lowest BCUT2D eigenvalue weighted by Gasteiger charge is -2.07. The smallest absolute Gasteiger partial charge is 0.315 e. The Morgan fingerprint density at radius 2 is 2.11 bits per heavy atom. The summed E-state index contributed by atoms with van der Waals surface area (Å²) < 4.78 is 24.4. The molecule has 0 atom stereocenters. The predicted octanol–water partition coefficient (Wildman–Crippen LogP) is 1.98. The number of aromatic nitrogens is 3. The van der Waals surface area contributed by atoms with E-state index in [1.54, 1.807) is 25.1 Å². The van der Waals surface area contributed by atoms with E-state index < -0.39 is 12.3 Å². The highest BCUT2D eigenvalue weighted by Crippen LogP contribution is 2.24. The molecule has 7 heteroatoms. The van der Waals surface area contributed by atoms with Crippen LogP contribution in [0.5, 0.6) is 0 Å². The van der Waals surface area contributed by atoms with Gasteiger partial charge in [0, 0.05) is 5.56 Å². The molecule has 0 spiro atoms. The number of para-hydroxylation sites is 1. The highest BCUT2D eigenvalue weighted by atomic mass is 19.3. The summed E-state index contributed by atoms with van der Waals surface area (Å²) in [5, 5.41) is 8.71. The van der Waals surface area contributed by atoms with Crippen LogP contribution in [0.25, 0.3) is 11.4 Å². The first-order valence-corrected chi connectivity index (χ1v) is 5.15. The van der Waals surface area contributed by atoms with Crippen molar-refractivity contribution in [3.8, 4) is 11.4 Å². The quantitative estimate of drug-likeness (QED) is 0.877. The lowest BCUT2D eigenvalue weighted by atomic mass is 10.1. The zero-order valence-electron chi connectivity index (χ0n) is 9.45. The summed E-state index contributed by atoms with van der Waals surface area (Å²) in [4.78, 5) is 15.1. The summed E-state index contributed by atoms with van der Waals surface area (Å²) in [6.07, 6.45) is -3.06. The van der Waals surface area contributed by atoms with E-state index in [4.69, 9.17) is 0 Å². The summed E-state index contributed by atoms with van der Waals surface area (Å²) in [5.74, 6) is -0.410. The number of carbonyl (C=O) groups is 1. The Morgan fingerprint density at radius 3 is 2.72 bits per heavy atom. The van der Waals surface area contributed by atoms with Gasteiger partial charge in [0.1, 0.15) is 5.82 Å². The van der Waals surface area contributed by atoms with Crippen molar-refractivity contribution in [3.05, 3.63) is 30.1 Å². The minimum Gasteiger partial charge on any atom is -0.320 e. The van der Waals surface area contributed by atoms with Gasteiger partial charge in [-0.05, 0) is 19.1 Å². The van der Waals surface area contributed by atoms with Crippen LogP contribution in [-0.4, -0.2) is 27.5 Å². The Labute approximate surface area is 101 Å². The highest BCUT2D eigenvalue weighted by molar-refractivity contribution is 5.96. The fourth-order valence-electron chi connectivity index (χ4n) is 1.44. The molecule has 18 heavy (non-hydrogen) atoms. The molecule has 1 amide bonds. The predicted molar refractivity (Wildman–Crippen MR) is 61.2 cm³/mol. The molecule has 0 aliphatic carbocycles. The monoisotopic (exact) mass is 252 g/mol. The molecule has 5 nitrogen and oxygen atoms in total. The molecule has 1 aromatic carbocycles. The molecule has 0 unspecified atom stereocenters. The van der Waals surface area contributed by atoms with Gasteiger partial charge in [-0.1, -0.05) is 12.1 Å². The molecule has 0 radical (unpaired) electrons. The van der Waals surface area contributed by atoms with Gasteiger partial charge in [0.15, 0.2) is 5.82 Å². The van der Waals surface area contributed by atoms with E-state index in [1.165, 1.54) is 6.07 Å². The number of carbonyl (C=O) groups excluding carboxylic acids is 1. The fourth-order valence-corrected chi connectivity index (χ4v) is 1.44. The topological polar surface area (TPSA) is 70.7 Å². The van der Waals surface area contributed by atoms with Crippen molar-refractivity contribution in [1.29, 1.82) is 0 Å². The second-order valence-electron chi connectivity index (χ2n) is 3.58. The number of anilines is 1. The Bertz CT molecular complexity index is 568. The zero-order valence-corrected chi connectivity index (χ0v) is 9.45. The average Bonchev–Trinajstić information content (AvgIpc) is 2.76. The van der Waals surface area contributed by atoms with Crippen LogP contribution in [0.3, 0.4) is 0 Å². The van der Waals surface area contributed by atoms with E-state index >= 15 is 0 Å². The first kappa shape index (κ1) is 12.2. The number of amides is 1. The summed E-state index contributed by atoms with van der Waals surface area (Å²) in [7, 11) is 0. The molecule has 0 fully saturated rings. The van der Waals surface area contributed by atoms with Gasteiger partial charge in [0.2, 0.25) is 0 Å². The second-order valence-corrected chi connectivity index (χ2v) is 3.58. The van der Waals surface area contributed by atoms with Crippen LogP contribution in [0.2, 0.25) is 0 Å². The van der Waals surface area contributed by atoms with Gasteiger partial charge >= 0.3 is 6.43 Å². The minimum atomic E-state index is -3.06. The molecule has 1 aromatic heterocycles. The SMILES string of the molecule is Cc1nc(-c2ccccc2NC(=O)C(F)F)n[nH]1. The van der Waals surface area contributed by atoms with E-state index in [1.807, 2.05) is 0 Å². The molecule has 0 aliphatic heterocycles. The number of H-pyrrole nitrogens is 1. The van der Waals surface area contributed by atoms with Crippen molar-refractivity contribution in [3.63, 3.8) is 0 Å². The number of aryl methyl sites for hydroxylation is 1. The normalized spacial score (nSPS) is 10.7. The van der Waals surface area contributed by atoms with Gasteiger partial charge in [-0.2, -0.15) is 13.9 Å². The Morgan fingerprint density at radius 1 is 1.39 bits per heavy atom. The molecule has 0 aliphatic rings. The van der Waals surface area contributed by atoms with Crippen LogP contribution in [0, 0.1) is 6.92 Å². The molecule has 0 saturated heterocycles. The van der Waals surface area contributed by atoms with Gasteiger partial charge in [-0.25, -0.2) is 4.98 Å². The maximum absolute atomic E-state index is 12.2. The van der Waals surface area contributed by atoms with E-state index in [2.05, 4.69) is 20.5 Å². The molecule has 2 rings (SSSR count). The third kappa shape index (κ3) is 2.50. The van der Waals surface area contributed by atoms with Crippen molar-refractivity contribution >= 4 is 11.6 Å². The number of alkyl halides is 2. The molecule has 94 valence electrons. The zero-order chi connectivity index (χ0) is 13.1. The number of halogens is 2. The summed E-state index contributed by atoms with van der Waals surface area (Å²) in [6, 6.07) is 6.49. The van der Waals surface area contributed by atoms with Gasteiger partial charge in [-0.15, -0.1) is 0 Å². The van der Waals surface area contributed by atoms with Crippen molar-refractivity contribution in [2.45, 2.75) is 13.3 Å². The standard InChI is InChI=1S/C11H10F2N4O/c1-6-14-10(17-16-6)7-4-2-3-5-8(7)15-11(18)9(12)13/h2-5,9H,1H3,(H,15,18)(H,14,16,17). The number of rotatable bonds is 3. The maximum atomic E-state index is 12.2. The number of hydrogen-bond donors (Lipinski definition) is 2. The van der Waals surface area contributed by atoms with Crippen LogP contribution in [-0.2, 0) is 4.79 Å². The third-order valence-corrected chi connectivity index (χ3v) is 2.22. The Hall–Kier alpha value is -2.31. The Balaban J connectivity index is 2.34. The van der Waals surface area contributed by atoms with Crippen LogP contribution >= 0.6 is 0 Å². The number of benzene rings is 1. The molecule has 0 saturated carbocycles. The van der Waals surface area contributed by atoms with E-state index in [9.17, 15) is 13.6 Å². The lowest BCUT2D eigenvalue weighted by molar-refractivity contribution is -0.126. The van der Waals surface area contributed by atoms with E-state index in [0.29, 0.717) is 17.2 Å². The molecule has 2 aromatic rings. The largest absolute Gasteiger partial charge is 0.320 e. The van der Waals surface area contributed by atoms with Crippen LogP contribution in [0.15, 0.2) is 24.3 Å². The van der Waals surface area contributed by atoms with Gasteiger partial charge < -0.3 is 5.32 Å². The molecule has 0 bridgehead atoms. The molecular weight excluding hydrogens is 242 g/mol. The second kappa shape index (κ2) is 4.91. The minimum absolute atomic E-state index is 0.252. The third-order valence-electron chi connectivity index (χ3n) is 2.22. The maximum Gasteiger partial charge on any atom is 0.315 e. The Kier molecular flexibility index (Phi) is 3.31. The van der Waals surface area contributed by atoms with Crippen molar-refractivity contribution in [2.75, 3.05) is 5.32 Å². The van der Waals surface area contributed by atoms with Gasteiger partial charge in [0.05, 0.1) is 5.69 Å². The van der Waals surface area contributed by atoms with E-state index in [-0.39, 0.29) is 5.69 Å². The summed E-state index contributed by atoms with van der Waals surface area (Å²) >= 11 is 0. The number of nitrogens with one attached hydrogen (secondary N) is 2. The average molecular weight is 252 g/mol. The summed E-state index contributed by atoms with van der Waals surface area (Å²) in [6.45, 7) is 1.72. The van der Waals surface area contributed by atoms with Crippen molar-refractivity contribution in [2.24, 2.45) is 0 Å². The van der Waals surface area contributed by atoms with Crippen molar-refractivity contribution < 1.29 is 13.6 Å². The summed E-state index contributed by atoms with van der Waals surface area (Å²) in [5.41, 5.74) is 0.734. The molecule has 2 N–H and O–H groups in total. The van der Waals surface area contributed by atoms with Crippen LogP contribution < -0.4 is 5.32 Å². The fraction of sp³-hybridized carbons (Fsp3) is 0.182. The lowest BCUT2D eigenvalue weighted by Crippen LogP contribution is -2.20. The first-order chi connectivity index (χ1) is 8.58. The highest BCUT2D eigenvalue weighted by Gasteiger charge is 2.17. The number of aromatic amines is 1. The van der Waals surface area contributed by atoms with Gasteiger partial charge in [-0.3, -0.25) is 9.89 Å².